The van der Waals surface area contributed by atoms with Crippen LogP contribution in [0.1, 0.15) is 5.56 Å². The molecule has 4 rings (SSSR count). The van der Waals surface area contributed by atoms with E-state index in [1.165, 1.54) is 22.1 Å². The lowest BCUT2D eigenvalue weighted by atomic mass is 10.2. The van der Waals surface area contributed by atoms with Gasteiger partial charge < -0.3 is 15.0 Å². The summed E-state index contributed by atoms with van der Waals surface area (Å²) in [5, 5.41) is 4.02. The number of anilines is 1. The van der Waals surface area contributed by atoms with Crippen LogP contribution in [0.4, 0.5) is 5.69 Å². The number of imidazole rings is 1. The van der Waals surface area contributed by atoms with Gasteiger partial charge in [0, 0.05) is 23.8 Å². The van der Waals surface area contributed by atoms with E-state index in [2.05, 4.69) is 15.3 Å². The van der Waals surface area contributed by atoms with Crippen molar-refractivity contribution in [3.63, 3.8) is 0 Å². The van der Waals surface area contributed by atoms with Crippen molar-refractivity contribution in [2.45, 2.75) is 17.0 Å². The summed E-state index contributed by atoms with van der Waals surface area (Å²) in [6, 6.07) is 10.1. The van der Waals surface area contributed by atoms with E-state index >= 15 is 0 Å². The maximum absolute atomic E-state index is 12.9. The summed E-state index contributed by atoms with van der Waals surface area (Å²) in [4.78, 5) is 20.2. The number of aromatic nitrogens is 2. The van der Waals surface area contributed by atoms with E-state index in [1.807, 2.05) is 13.0 Å². The highest BCUT2D eigenvalue weighted by atomic mass is 35.5. The number of H-pyrrole nitrogens is 1. The number of morpholine rings is 1. The van der Waals surface area contributed by atoms with Crippen molar-refractivity contribution in [3.8, 4) is 0 Å². The topological polar surface area (TPSA) is 104 Å². The lowest BCUT2D eigenvalue weighted by molar-refractivity contribution is -0.113. The van der Waals surface area contributed by atoms with Gasteiger partial charge in [0.15, 0.2) is 5.16 Å². The summed E-state index contributed by atoms with van der Waals surface area (Å²) in [6.07, 6.45) is 0. The first kappa shape index (κ1) is 22.1. The molecular weight excluding hydrogens is 460 g/mol. The SMILES string of the molecule is Cc1ccc(S(=O)(=O)N2CCOCC2)cc1NC(=O)CSc1nc2ccc(Cl)cc2[nH]1. The largest absolute Gasteiger partial charge is 0.379 e. The zero-order chi connectivity index (χ0) is 22.0. The molecule has 0 aliphatic carbocycles. The minimum absolute atomic E-state index is 0.118. The van der Waals surface area contributed by atoms with E-state index in [9.17, 15) is 13.2 Å². The van der Waals surface area contributed by atoms with Crippen molar-refractivity contribution in [2.24, 2.45) is 0 Å². The van der Waals surface area contributed by atoms with E-state index in [0.29, 0.717) is 42.2 Å². The predicted octanol–water partition coefficient (Wildman–Crippen LogP) is 3.28. The van der Waals surface area contributed by atoms with Crippen LogP contribution in [-0.2, 0) is 19.6 Å². The van der Waals surface area contributed by atoms with Crippen molar-refractivity contribution in [2.75, 3.05) is 37.4 Å². The number of benzene rings is 2. The molecule has 2 N–H and O–H groups in total. The second kappa shape index (κ2) is 9.17. The number of amides is 1. The molecule has 11 heteroatoms. The average molecular weight is 481 g/mol. The number of fused-ring (bicyclic) bond motifs is 1. The van der Waals surface area contributed by atoms with Crippen LogP contribution in [-0.4, -0.2) is 60.7 Å². The molecule has 0 unspecified atom stereocenters. The lowest BCUT2D eigenvalue weighted by Crippen LogP contribution is -2.40. The van der Waals surface area contributed by atoms with Gasteiger partial charge >= 0.3 is 0 Å². The number of nitrogens with one attached hydrogen (secondary N) is 2. The molecule has 8 nitrogen and oxygen atoms in total. The molecule has 1 aliphatic heterocycles. The molecule has 1 aliphatic rings. The molecule has 0 bridgehead atoms. The summed E-state index contributed by atoms with van der Waals surface area (Å²) < 4.78 is 32.4. The zero-order valence-electron chi connectivity index (χ0n) is 16.7. The van der Waals surface area contributed by atoms with Crippen molar-refractivity contribution in [3.05, 3.63) is 47.0 Å². The number of ether oxygens (including phenoxy) is 1. The molecular formula is C20H21ClN4O4S2. The van der Waals surface area contributed by atoms with Crippen LogP contribution in [0.2, 0.25) is 5.02 Å². The Bertz CT molecular complexity index is 1220. The number of sulfonamides is 1. The molecule has 0 atom stereocenters. The highest BCUT2D eigenvalue weighted by Gasteiger charge is 2.27. The monoisotopic (exact) mass is 480 g/mol. The number of nitrogens with zero attached hydrogens (tertiary/aromatic N) is 2. The van der Waals surface area contributed by atoms with Gasteiger partial charge in [-0.15, -0.1) is 0 Å². The van der Waals surface area contributed by atoms with Crippen LogP contribution in [0.15, 0.2) is 46.5 Å². The number of aromatic amines is 1. The molecule has 3 aromatic rings. The van der Waals surface area contributed by atoms with Crippen LogP contribution >= 0.6 is 23.4 Å². The van der Waals surface area contributed by atoms with Gasteiger partial charge in [0.2, 0.25) is 15.9 Å². The summed E-state index contributed by atoms with van der Waals surface area (Å²) in [6.45, 7) is 3.20. The van der Waals surface area contributed by atoms with Crippen LogP contribution in [0.5, 0.6) is 0 Å². The molecule has 31 heavy (non-hydrogen) atoms. The first-order valence-corrected chi connectivity index (χ1v) is 12.4. The standard InChI is InChI=1S/C20H21ClN4O4S2/c1-13-2-4-15(31(27,28)25-6-8-29-9-7-25)11-17(13)22-19(26)12-30-20-23-16-5-3-14(21)10-18(16)24-20/h2-5,10-11H,6-9,12H2,1H3,(H,22,26)(H,23,24). The van der Waals surface area contributed by atoms with Crippen molar-refractivity contribution < 1.29 is 17.9 Å². The van der Waals surface area contributed by atoms with Gasteiger partial charge in [-0.1, -0.05) is 29.4 Å². The second-order valence-corrected chi connectivity index (χ2v) is 10.4. The Hall–Kier alpha value is -2.11. The van der Waals surface area contributed by atoms with Crippen LogP contribution in [0.3, 0.4) is 0 Å². The van der Waals surface area contributed by atoms with Gasteiger partial charge in [-0.05, 0) is 42.8 Å². The highest BCUT2D eigenvalue weighted by Crippen LogP contribution is 2.25. The normalized spacial score (nSPS) is 15.3. The van der Waals surface area contributed by atoms with E-state index in [0.717, 1.165) is 16.6 Å². The minimum Gasteiger partial charge on any atom is -0.379 e. The minimum atomic E-state index is -3.64. The fourth-order valence-corrected chi connectivity index (χ4v) is 5.47. The number of hydrogen-bond donors (Lipinski definition) is 2. The Kier molecular flexibility index (Phi) is 6.54. The number of carbonyl (C=O) groups is 1. The number of thioether (sulfide) groups is 1. The van der Waals surface area contributed by atoms with Gasteiger partial charge in [0.1, 0.15) is 0 Å². The van der Waals surface area contributed by atoms with Gasteiger partial charge in [-0.25, -0.2) is 13.4 Å². The van der Waals surface area contributed by atoms with Crippen molar-refractivity contribution in [1.29, 1.82) is 0 Å². The molecule has 0 radical (unpaired) electrons. The Balaban J connectivity index is 1.44. The molecule has 2 heterocycles. The molecule has 0 saturated carbocycles. The summed E-state index contributed by atoms with van der Waals surface area (Å²) in [7, 11) is -3.64. The Morgan fingerprint density at radius 2 is 2.03 bits per heavy atom. The van der Waals surface area contributed by atoms with E-state index in [1.54, 1.807) is 24.3 Å². The highest BCUT2D eigenvalue weighted by molar-refractivity contribution is 7.99. The molecule has 1 saturated heterocycles. The lowest BCUT2D eigenvalue weighted by Gasteiger charge is -2.26. The Labute approximate surface area is 189 Å². The average Bonchev–Trinajstić information content (AvgIpc) is 3.16. The van der Waals surface area contributed by atoms with E-state index in [4.69, 9.17) is 16.3 Å². The summed E-state index contributed by atoms with van der Waals surface area (Å²) in [5.74, 6) is -0.138. The smallest absolute Gasteiger partial charge is 0.243 e. The number of carbonyl (C=O) groups excluding carboxylic acids is 1. The Morgan fingerprint density at radius 3 is 2.81 bits per heavy atom. The zero-order valence-corrected chi connectivity index (χ0v) is 19.1. The van der Waals surface area contributed by atoms with Crippen LogP contribution in [0.25, 0.3) is 11.0 Å². The third-order valence-electron chi connectivity index (χ3n) is 4.85. The summed E-state index contributed by atoms with van der Waals surface area (Å²) >= 11 is 7.24. The van der Waals surface area contributed by atoms with Gasteiger partial charge in [0.25, 0.3) is 0 Å². The van der Waals surface area contributed by atoms with E-state index in [-0.39, 0.29) is 16.6 Å². The number of halogens is 1. The molecule has 1 aromatic heterocycles. The molecule has 1 fully saturated rings. The van der Waals surface area contributed by atoms with Crippen LogP contribution < -0.4 is 5.32 Å². The molecule has 1 amide bonds. The maximum atomic E-state index is 12.9. The predicted molar refractivity (Wildman–Crippen MR) is 121 cm³/mol. The van der Waals surface area contributed by atoms with Crippen LogP contribution in [0, 0.1) is 6.92 Å². The number of rotatable bonds is 6. The van der Waals surface area contributed by atoms with Gasteiger partial charge in [0.05, 0.1) is 34.9 Å². The third kappa shape index (κ3) is 5.04. The second-order valence-electron chi connectivity index (χ2n) is 7.03. The molecule has 0 spiro atoms. The first-order chi connectivity index (χ1) is 14.8. The summed E-state index contributed by atoms with van der Waals surface area (Å²) in [5.41, 5.74) is 2.81. The van der Waals surface area contributed by atoms with Crippen molar-refractivity contribution in [1.82, 2.24) is 14.3 Å². The number of hydrogen-bond acceptors (Lipinski definition) is 6. The molecule has 164 valence electrons. The Morgan fingerprint density at radius 1 is 1.26 bits per heavy atom. The quantitative estimate of drug-likeness (QED) is 0.525. The molecule has 2 aromatic carbocycles. The van der Waals surface area contributed by atoms with E-state index < -0.39 is 10.0 Å². The number of aryl methyl sites for hydroxylation is 1. The first-order valence-electron chi connectivity index (χ1n) is 9.59. The van der Waals surface area contributed by atoms with Gasteiger partial charge in [-0.3, -0.25) is 4.79 Å². The third-order valence-corrected chi connectivity index (χ3v) is 7.86. The fourth-order valence-electron chi connectivity index (χ4n) is 3.18. The maximum Gasteiger partial charge on any atom is 0.243 e. The van der Waals surface area contributed by atoms with Crippen molar-refractivity contribution >= 4 is 56.0 Å². The fraction of sp³-hybridized carbons (Fsp3) is 0.300. The van der Waals surface area contributed by atoms with Gasteiger partial charge in [-0.2, -0.15) is 4.31 Å².